The maximum atomic E-state index is 4.26. The summed E-state index contributed by atoms with van der Waals surface area (Å²) in [4.78, 5) is 6.61. The molecule has 0 bridgehead atoms. The summed E-state index contributed by atoms with van der Waals surface area (Å²) in [5, 5.41) is 6.72. The van der Waals surface area contributed by atoms with E-state index in [0.29, 0.717) is 5.92 Å². The third-order valence-corrected chi connectivity index (χ3v) is 3.86. The molecule has 2 N–H and O–H groups in total. The van der Waals surface area contributed by atoms with Crippen LogP contribution in [0.2, 0.25) is 0 Å². The Morgan fingerprint density at radius 1 is 1.33 bits per heavy atom. The Balaban J connectivity index is 1.94. The van der Waals surface area contributed by atoms with E-state index in [1.165, 1.54) is 29.7 Å². The first-order valence-electron chi connectivity index (χ1n) is 7.87. The fraction of sp³-hybridized carbons (Fsp3) is 0.588. The lowest BCUT2D eigenvalue weighted by Gasteiger charge is -2.28. The van der Waals surface area contributed by atoms with E-state index in [0.717, 1.165) is 25.6 Å². The molecule has 0 spiro atoms. The topological polar surface area (TPSA) is 39.7 Å². The van der Waals surface area contributed by atoms with Gasteiger partial charge >= 0.3 is 0 Å². The van der Waals surface area contributed by atoms with E-state index in [2.05, 4.69) is 59.6 Å². The SMILES string of the molecule is CN=C(NCc1ccc2c(c1)CCCN2C)NCC(C)C. The first-order valence-corrected chi connectivity index (χ1v) is 7.87. The molecule has 0 saturated heterocycles. The molecule has 1 aliphatic rings. The highest BCUT2D eigenvalue weighted by Crippen LogP contribution is 2.26. The largest absolute Gasteiger partial charge is 0.374 e. The van der Waals surface area contributed by atoms with Crippen LogP contribution in [0.5, 0.6) is 0 Å². The van der Waals surface area contributed by atoms with Crippen molar-refractivity contribution in [3.63, 3.8) is 0 Å². The number of nitrogens with zero attached hydrogens (tertiary/aromatic N) is 2. The number of hydrogen-bond donors (Lipinski definition) is 2. The fourth-order valence-electron chi connectivity index (χ4n) is 2.66. The highest BCUT2D eigenvalue weighted by atomic mass is 15.2. The van der Waals surface area contributed by atoms with Gasteiger partial charge in [0.05, 0.1) is 0 Å². The molecule has 4 heteroatoms. The van der Waals surface area contributed by atoms with Gasteiger partial charge < -0.3 is 15.5 Å². The van der Waals surface area contributed by atoms with E-state index < -0.39 is 0 Å². The second kappa shape index (κ2) is 7.34. The second-order valence-electron chi connectivity index (χ2n) is 6.19. The second-order valence-corrected chi connectivity index (χ2v) is 6.19. The molecule has 4 nitrogen and oxygen atoms in total. The molecule has 0 amide bonds. The molecule has 1 aromatic rings. The monoisotopic (exact) mass is 288 g/mol. The number of nitrogens with one attached hydrogen (secondary N) is 2. The van der Waals surface area contributed by atoms with Gasteiger partial charge in [-0.05, 0) is 36.0 Å². The van der Waals surface area contributed by atoms with Gasteiger partial charge in [0.25, 0.3) is 0 Å². The zero-order valence-electron chi connectivity index (χ0n) is 13.7. The maximum absolute atomic E-state index is 4.26. The van der Waals surface area contributed by atoms with Gasteiger partial charge in [0.2, 0.25) is 0 Å². The lowest BCUT2D eigenvalue weighted by atomic mass is 9.99. The highest BCUT2D eigenvalue weighted by Gasteiger charge is 2.13. The molecule has 1 heterocycles. The molecule has 1 aromatic carbocycles. The lowest BCUT2D eigenvalue weighted by molar-refractivity contribution is 0.614. The average molecular weight is 288 g/mol. The quantitative estimate of drug-likeness (QED) is 0.660. The summed E-state index contributed by atoms with van der Waals surface area (Å²) >= 11 is 0. The van der Waals surface area contributed by atoms with Crippen molar-refractivity contribution >= 4 is 11.6 Å². The van der Waals surface area contributed by atoms with E-state index >= 15 is 0 Å². The number of anilines is 1. The Bertz CT molecular complexity index is 494. The van der Waals surface area contributed by atoms with E-state index in [4.69, 9.17) is 0 Å². The standard InChI is InChI=1S/C17H28N4/c1-13(2)11-19-17(18-3)20-12-14-7-8-16-15(10-14)6-5-9-21(16)4/h7-8,10,13H,5-6,9,11-12H2,1-4H3,(H2,18,19,20). The first kappa shape index (κ1) is 15.7. The Hall–Kier alpha value is -1.71. The van der Waals surface area contributed by atoms with Crippen LogP contribution in [0.15, 0.2) is 23.2 Å². The normalized spacial score (nSPS) is 15.1. The van der Waals surface area contributed by atoms with Crippen molar-refractivity contribution < 1.29 is 0 Å². The molecule has 0 radical (unpaired) electrons. The molecular weight excluding hydrogens is 260 g/mol. The van der Waals surface area contributed by atoms with E-state index in [9.17, 15) is 0 Å². The van der Waals surface area contributed by atoms with Crippen LogP contribution in [0.25, 0.3) is 0 Å². The van der Waals surface area contributed by atoms with Crippen LogP contribution in [-0.2, 0) is 13.0 Å². The maximum Gasteiger partial charge on any atom is 0.191 e. The number of aliphatic imine (C=N–C) groups is 1. The van der Waals surface area contributed by atoms with E-state index in [1.54, 1.807) is 0 Å². The summed E-state index contributed by atoms with van der Waals surface area (Å²) in [5.41, 5.74) is 4.16. The van der Waals surface area contributed by atoms with Crippen molar-refractivity contribution in [2.24, 2.45) is 10.9 Å². The number of rotatable bonds is 4. The first-order chi connectivity index (χ1) is 10.1. The Labute approximate surface area is 128 Å². The smallest absolute Gasteiger partial charge is 0.191 e. The van der Waals surface area contributed by atoms with Crippen molar-refractivity contribution in [1.29, 1.82) is 0 Å². The van der Waals surface area contributed by atoms with Gasteiger partial charge in [-0.25, -0.2) is 0 Å². The van der Waals surface area contributed by atoms with Crippen molar-refractivity contribution in [2.45, 2.75) is 33.2 Å². The van der Waals surface area contributed by atoms with Gasteiger partial charge in [-0.15, -0.1) is 0 Å². The minimum absolute atomic E-state index is 0.614. The number of hydrogen-bond acceptors (Lipinski definition) is 2. The Morgan fingerprint density at radius 3 is 2.86 bits per heavy atom. The Morgan fingerprint density at radius 2 is 2.14 bits per heavy atom. The number of benzene rings is 1. The summed E-state index contributed by atoms with van der Waals surface area (Å²) < 4.78 is 0. The minimum Gasteiger partial charge on any atom is -0.374 e. The molecule has 0 saturated carbocycles. The highest BCUT2D eigenvalue weighted by molar-refractivity contribution is 5.79. The van der Waals surface area contributed by atoms with Crippen LogP contribution in [0.1, 0.15) is 31.4 Å². The zero-order valence-corrected chi connectivity index (χ0v) is 13.7. The van der Waals surface area contributed by atoms with Crippen LogP contribution >= 0.6 is 0 Å². The number of guanidine groups is 1. The van der Waals surface area contributed by atoms with Crippen LogP contribution in [0, 0.1) is 5.92 Å². The fourth-order valence-corrected chi connectivity index (χ4v) is 2.66. The molecule has 21 heavy (non-hydrogen) atoms. The van der Waals surface area contributed by atoms with Crippen molar-refractivity contribution in [1.82, 2.24) is 10.6 Å². The molecule has 0 unspecified atom stereocenters. The molecule has 0 atom stereocenters. The molecule has 2 rings (SSSR count). The Kier molecular flexibility index (Phi) is 5.48. The number of fused-ring (bicyclic) bond motifs is 1. The van der Waals surface area contributed by atoms with Crippen LogP contribution in [0.3, 0.4) is 0 Å². The van der Waals surface area contributed by atoms with Crippen LogP contribution in [-0.4, -0.2) is 33.1 Å². The molecule has 116 valence electrons. The van der Waals surface area contributed by atoms with Gasteiger partial charge in [0.15, 0.2) is 5.96 Å². The molecular formula is C17H28N4. The third-order valence-electron chi connectivity index (χ3n) is 3.86. The predicted octanol–water partition coefficient (Wildman–Crippen LogP) is 2.39. The molecule has 0 aromatic heterocycles. The average Bonchev–Trinajstić information content (AvgIpc) is 2.47. The predicted molar refractivity (Wildman–Crippen MR) is 91.1 cm³/mol. The summed E-state index contributed by atoms with van der Waals surface area (Å²) in [5.74, 6) is 1.49. The minimum atomic E-state index is 0.614. The van der Waals surface area contributed by atoms with E-state index in [1.807, 2.05) is 7.05 Å². The van der Waals surface area contributed by atoms with E-state index in [-0.39, 0.29) is 0 Å². The van der Waals surface area contributed by atoms with Crippen molar-refractivity contribution in [3.8, 4) is 0 Å². The van der Waals surface area contributed by atoms with Crippen LogP contribution < -0.4 is 15.5 Å². The van der Waals surface area contributed by atoms with Crippen molar-refractivity contribution in [2.75, 3.05) is 32.1 Å². The zero-order chi connectivity index (χ0) is 15.2. The molecule has 0 aliphatic carbocycles. The lowest BCUT2D eigenvalue weighted by Crippen LogP contribution is -2.38. The number of aryl methyl sites for hydroxylation is 1. The summed E-state index contributed by atoms with van der Waals surface area (Å²) in [6, 6.07) is 6.78. The summed E-state index contributed by atoms with van der Waals surface area (Å²) in [7, 11) is 3.99. The van der Waals surface area contributed by atoms with Gasteiger partial charge in [0, 0.05) is 39.4 Å². The molecule has 1 aliphatic heterocycles. The third kappa shape index (κ3) is 4.38. The summed E-state index contributed by atoms with van der Waals surface area (Å²) in [6.45, 7) is 7.31. The van der Waals surface area contributed by atoms with Gasteiger partial charge in [-0.3, -0.25) is 4.99 Å². The van der Waals surface area contributed by atoms with Gasteiger partial charge in [-0.2, -0.15) is 0 Å². The summed E-state index contributed by atoms with van der Waals surface area (Å²) in [6.07, 6.45) is 2.44. The van der Waals surface area contributed by atoms with Gasteiger partial charge in [-0.1, -0.05) is 26.0 Å². The van der Waals surface area contributed by atoms with Gasteiger partial charge in [0.1, 0.15) is 0 Å². The van der Waals surface area contributed by atoms with Crippen LogP contribution in [0.4, 0.5) is 5.69 Å². The van der Waals surface area contributed by atoms with Crippen molar-refractivity contribution in [3.05, 3.63) is 29.3 Å². The molecule has 0 fully saturated rings.